The van der Waals surface area contributed by atoms with Gasteiger partial charge in [-0.05, 0) is 86.5 Å². The maximum absolute atomic E-state index is 13.7. The van der Waals surface area contributed by atoms with Crippen molar-refractivity contribution in [3.05, 3.63) is 23.3 Å². The smallest absolute Gasteiger partial charge is 0.337 e. The molecule has 0 spiro atoms. The highest BCUT2D eigenvalue weighted by molar-refractivity contribution is 6.28. The molecule has 0 aromatic carbocycles. The lowest BCUT2D eigenvalue weighted by Crippen LogP contribution is -2.69. The van der Waals surface area contributed by atoms with Crippen LogP contribution in [0.15, 0.2) is 23.3 Å². The maximum Gasteiger partial charge on any atom is 0.337 e. The van der Waals surface area contributed by atoms with E-state index in [4.69, 9.17) is 25.8 Å². The number of rotatable bonds is 6. The van der Waals surface area contributed by atoms with Gasteiger partial charge in [0.1, 0.15) is 19.3 Å². The Morgan fingerprint density at radius 1 is 1.15 bits per heavy atom. The summed E-state index contributed by atoms with van der Waals surface area (Å²) in [6.45, 7) is 8.88. The minimum absolute atomic E-state index is 0.0599. The summed E-state index contributed by atoms with van der Waals surface area (Å²) in [5.41, 5.74) is 0.0874. The number of hydrogen-bond acceptors (Lipinski definition) is 8. The molecule has 4 aliphatic carbocycles. The number of hydrogen-bond donors (Lipinski definition) is 1. The van der Waals surface area contributed by atoms with E-state index in [1.54, 1.807) is 12.2 Å². The lowest BCUT2D eigenvalue weighted by Gasteiger charge is -2.63. The zero-order valence-electron chi connectivity index (χ0n) is 24.7. The molecule has 226 valence electrons. The number of cyclic esters (lactones) is 1. The molecule has 0 aromatic heterocycles. The third-order valence-electron chi connectivity index (χ3n) is 11.7. The van der Waals surface area contributed by atoms with Gasteiger partial charge in [0.15, 0.2) is 5.78 Å². The van der Waals surface area contributed by atoms with Gasteiger partial charge in [-0.3, -0.25) is 14.4 Å². The Hall–Kier alpha value is -2.19. The summed E-state index contributed by atoms with van der Waals surface area (Å²) in [6.07, 6.45) is 7.15. The van der Waals surface area contributed by atoms with Gasteiger partial charge in [0.25, 0.3) is 0 Å². The molecule has 0 amide bonds. The van der Waals surface area contributed by atoms with Crippen LogP contribution in [0.2, 0.25) is 0 Å². The lowest BCUT2D eigenvalue weighted by molar-refractivity contribution is -0.181. The van der Waals surface area contributed by atoms with Gasteiger partial charge in [-0.25, -0.2) is 4.79 Å². The van der Waals surface area contributed by atoms with Gasteiger partial charge in [-0.1, -0.05) is 25.5 Å². The van der Waals surface area contributed by atoms with Crippen LogP contribution >= 0.6 is 11.6 Å². The number of allylic oxidation sites excluding steroid dienone is 2. The largest absolute Gasteiger partial charge is 0.465 e. The first kappa shape index (κ1) is 30.3. The summed E-state index contributed by atoms with van der Waals surface area (Å²) in [5.74, 6) is -0.858. The summed E-state index contributed by atoms with van der Waals surface area (Å²) >= 11 is 7.23. The quantitative estimate of drug-likeness (QED) is 0.269. The molecule has 3 fully saturated rings. The Morgan fingerprint density at radius 2 is 1.85 bits per heavy atom. The molecular weight excluding hydrogens is 548 g/mol. The van der Waals surface area contributed by atoms with E-state index in [1.807, 2.05) is 6.92 Å². The number of aliphatic hydroxyl groups excluding tert-OH is 1. The van der Waals surface area contributed by atoms with Crippen molar-refractivity contribution in [2.24, 2.45) is 40.4 Å². The van der Waals surface area contributed by atoms with E-state index < -0.39 is 34.3 Å². The predicted octanol–water partition coefficient (Wildman–Crippen LogP) is 4.70. The van der Waals surface area contributed by atoms with Gasteiger partial charge in [0, 0.05) is 20.3 Å². The number of aliphatic hydroxyl groups is 1. The van der Waals surface area contributed by atoms with Crippen molar-refractivity contribution in [1.29, 1.82) is 0 Å². The summed E-state index contributed by atoms with van der Waals surface area (Å²) in [4.78, 5) is 48.6. The standard InChI is InChI=1S/C32H43ClO8/c1-17-13-26(41-29(38)22(17)15-39-19(3)34)18(2)23-8-9-24-21-14-28(37)32(33)11-6-7-27(36)31(32,16-40-20(4)35)25(21)10-12-30(23,24)5/h6-7,18,21,23-26,28,37H,8-16H2,1-5H3/t18-,21-,23+,24-,25-,26+,28+,30+,31-,32-/m0/s1. The van der Waals surface area contributed by atoms with Gasteiger partial charge in [-0.2, -0.15) is 0 Å². The van der Waals surface area contributed by atoms with Gasteiger partial charge >= 0.3 is 17.9 Å². The fourth-order valence-electron chi connectivity index (χ4n) is 9.65. The zero-order valence-corrected chi connectivity index (χ0v) is 25.5. The van der Waals surface area contributed by atoms with Crippen molar-refractivity contribution >= 4 is 35.3 Å². The number of fused-ring (bicyclic) bond motifs is 5. The normalized spacial score (nSPS) is 42.5. The van der Waals surface area contributed by atoms with E-state index in [1.165, 1.54) is 13.8 Å². The van der Waals surface area contributed by atoms with E-state index in [0.717, 1.165) is 31.3 Å². The molecule has 0 aromatic rings. The first-order chi connectivity index (χ1) is 19.3. The van der Waals surface area contributed by atoms with Crippen molar-refractivity contribution in [3.8, 4) is 0 Å². The average molecular weight is 591 g/mol. The Morgan fingerprint density at radius 3 is 2.51 bits per heavy atom. The van der Waals surface area contributed by atoms with Crippen LogP contribution in [0.1, 0.15) is 79.6 Å². The number of ether oxygens (including phenoxy) is 3. The average Bonchev–Trinajstić information content (AvgIpc) is 3.25. The Balaban J connectivity index is 1.40. The van der Waals surface area contributed by atoms with Crippen LogP contribution in [-0.4, -0.2) is 59.1 Å². The molecule has 0 bridgehead atoms. The fraction of sp³-hybridized carbons (Fsp3) is 0.750. The molecule has 10 atom stereocenters. The molecule has 3 saturated carbocycles. The molecule has 41 heavy (non-hydrogen) atoms. The van der Waals surface area contributed by atoms with Crippen LogP contribution in [0.4, 0.5) is 0 Å². The van der Waals surface area contributed by atoms with Gasteiger partial charge in [-0.15, -0.1) is 11.6 Å². The number of carbonyl (C=O) groups is 4. The first-order valence-corrected chi connectivity index (χ1v) is 15.4. The van der Waals surface area contributed by atoms with Crippen LogP contribution in [0.5, 0.6) is 0 Å². The molecular formula is C32H43ClO8. The summed E-state index contributed by atoms with van der Waals surface area (Å²) in [5, 5.41) is 11.5. The number of ketones is 1. The van der Waals surface area contributed by atoms with Crippen molar-refractivity contribution in [3.63, 3.8) is 0 Å². The van der Waals surface area contributed by atoms with Crippen LogP contribution < -0.4 is 0 Å². The molecule has 1 aliphatic heterocycles. The van der Waals surface area contributed by atoms with Gasteiger partial charge in [0.2, 0.25) is 0 Å². The molecule has 0 saturated heterocycles. The van der Waals surface area contributed by atoms with Crippen molar-refractivity contribution in [2.75, 3.05) is 13.2 Å². The van der Waals surface area contributed by atoms with E-state index in [2.05, 4.69) is 13.8 Å². The second-order valence-electron chi connectivity index (χ2n) is 13.5. The van der Waals surface area contributed by atoms with Gasteiger partial charge in [0.05, 0.1) is 22.0 Å². The Bertz CT molecular complexity index is 1190. The molecule has 5 aliphatic rings. The molecule has 1 N–H and O–H groups in total. The van der Waals surface area contributed by atoms with Crippen molar-refractivity contribution < 1.29 is 38.5 Å². The molecule has 8 nitrogen and oxygen atoms in total. The number of carbonyl (C=O) groups excluding carboxylic acids is 4. The fourth-order valence-corrected chi connectivity index (χ4v) is 10.1. The van der Waals surface area contributed by atoms with E-state index in [-0.39, 0.29) is 54.2 Å². The SMILES string of the molecule is CC(=O)OCC1=C(C)C[C@H]([C@@H](C)[C@H]2CC[C@H]3[C@@H]4C[C@@H](O)[C@@]5(Cl)CC=CC(=O)[C@]5(COC(C)=O)[C@H]4CC[C@]23C)OC1=O. The predicted molar refractivity (Wildman–Crippen MR) is 151 cm³/mol. The third kappa shape index (κ3) is 4.68. The van der Waals surface area contributed by atoms with E-state index in [9.17, 15) is 24.3 Å². The Labute approximate surface area is 247 Å². The lowest BCUT2D eigenvalue weighted by atomic mass is 9.43. The highest BCUT2D eigenvalue weighted by Crippen LogP contribution is 2.69. The second-order valence-corrected chi connectivity index (χ2v) is 14.2. The summed E-state index contributed by atoms with van der Waals surface area (Å²) in [7, 11) is 0. The van der Waals surface area contributed by atoms with Gasteiger partial charge < -0.3 is 19.3 Å². The van der Waals surface area contributed by atoms with Crippen molar-refractivity contribution in [2.45, 2.75) is 96.6 Å². The highest BCUT2D eigenvalue weighted by Gasteiger charge is 2.71. The van der Waals surface area contributed by atoms with E-state index in [0.29, 0.717) is 30.8 Å². The second kappa shape index (κ2) is 10.8. The monoisotopic (exact) mass is 590 g/mol. The van der Waals surface area contributed by atoms with Crippen LogP contribution in [-0.2, 0) is 33.4 Å². The van der Waals surface area contributed by atoms with Crippen LogP contribution in [0.25, 0.3) is 0 Å². The van der Waals surface area contributed by atoms with E-state index >= 15 is 0 Å². The summed E-state index contributed by atoms with van der Waals surface area (Å²) < 4.78 is 16.6. The van der Waals surface area contributed by atoms with Crippen molar-refractivity contribution in [1.82, 2.24) is 0 Å². The topological polar surface area (TPSA) is 116 Å². The molecule has 0 radical (unpaired) electrons. The minimum Gasteiger partial charge on any atom is -0.465 e. The summed E-state index contributed by atoms with van der Waals surface area (Å²) in [6, 6.07) is 0. The molecule has 1 heterocycles. The molecule has 5 rings (SSSR count). The van der Waals surface area contributed by atoms with Crippen LogP contribution in [0, 0.1) is 40.4 Å². The highest BCUT2D eigenvalue weighted by atomic mass is 35.5. The number of esters is 3. The molecule has 0 unspecified atom stereocenters. The number of alkyl halides is 1. The molecule has 9 heteroatoms. The number of halogens is 1. The maximum atomic E-state index is 13.7. The first-order valence-electron chi connectivity index (χ1n) is 15.0. The zero-order chi connectivity index (χ0) is 29.9. The minimum atomic E-state index is -1.21. The van der Waals surface area contributed by atoms with Crippen LogP contribution in [0.3, 0.4) is 0 Å². The Kier molecular flexibility index (Phi) is 7.99. The third-order valence-corrected chi connectivity index (χ3v) is 12.4.